The normalized spacial score (nSPS) is 25.6. The first-order valence-corrected chi connectivity index (χ1v) is 9.58. The summed E-state index contributed by atoms with van der Waals surface area (Å²) in [4.78, 5) is 14.9. The highest BCUT2D eigenvalue weighted by molar-refractivity contribution is 7.90. The van der Waals surface area contributed by atoms with Crippen molar-refractivity contribution in [2.24, 2.45) is 0 Å². The molecule has 1 saturated heterocycles. The zero-order chi connectivity index (χ0) is 15.7. The van der Waals surface area contributed by atoms with Crippen LogP contribution in [0, 0.1) is 0 Å². The summed E-state index contributed by atoms with van der Waals surface area (Å²) < 4.78 is 28.8. The van der Waals surface area contributed by atoms with Crippen molar-refractivity contribution in [1.82, 2.24) is 4.90 Å². The third-order valence-electron chi connectivity index (χ3n) is 4.52. The molecule has 2 atom stereocenters. The second-order valence-electron chi connectivity index (χ2n) is 6.06. The van der Waals surface area contributed by atoms with Crippen LogP contribution in [0.5, 0.6) is 0 Å². The molecule has 5 nitrogen and oxygen atoms in total. The minimum absolute atomic E-state index is 0.0275. The van der Waals surface area contributed by atoms with E-state index in [1.165, 1.54) is 18.4 Å². The quantitative estimate of drug-likeness (QED) is 0.833. The maximum atomic E-state index is 12.7. The standard InChI is InChI=1S/C16H21NO4S/c1-22(19,20)13-8-6-12(7-9-13)16(18)17-10-11-21-15-5-3-2-4-14(15)17/h6-9,14-15H,2-5,10-11H2,1H3/t14-,15-/m1/s1. The first-order valence-electron chi connectivity index (χ1n) is 7.69. The van der Waals surface area contributed by atoms with Crippen molar-refractivity contribution in [3.63, 3.8) is 0 Å². The van der Waals surface area contributed by atoms with Crippen LogP contribution in [0.3, 0.4) is 0 Å². The fourth-order valence-corrected chi connectivity index (χ4v) is 3.99. The Bertz CT molecular complexity index is 651. The van der Waals surface area contributed by atoms with Crippen LogP contribution >= 0.6 is 0 Å². The molecular weight excluding hydrogens is 302 g/mol. The molecule has 0 spiro atoms. The van der Waals surface area contributed by atoms with Crippen molar-refractivity contribution in [3.8, 4) is 0 Å². The number of carbonyl (C=O) groups is 1. The Balaban J connectivity index is 1.80. The van der Waals surface area contributed by atoms with Gasteiger partial charge >= 0.3 is 0 Å². The Morgan fingerprint density at radius 3 is 2.55 bits per heavy atom. The average molecular weight is 323 g/mol. The number of rotatable bonds is 2. The second kappa shape index (κ2) is 6.01. The van der Waals surface area contributed by atoms with E-state index >= 15 is 0 Å². The number of ether oxygens (including phenoxy) is 1. The predicted octanol–water partition coefficient (Wildman–Crippen LogP) is 1.87. The molecule has 1 saturated carbocycles. The van der Waals surface area contributed by atoms with Crippen molar-refractivity contribution in [2.45, 2.75) is 42.7 Å². The minimum Gasteiger partial charge on any atom is -0.374 e. The average Bonchev–Trinajstić information content (AvgIpc) is 2.53. The van der Waals surface area contributed by atoms with Gasteiger partial charge in [-0.1, -0.05) is 12.8 Å². The van der Waals surface area contributed by atoms with Gasteiger partial charge < -0.3 is 9.64 Å². The fourth-order valence-electron chi connectivity index (χ4n) is 3.36. The lowest BCUT2D eigenvalue weighted by atomic mass is 9.89. The van der Waals surface area contributed by atoms with Crippen molar-refractivity contribution < 1.29 is 17.9 Å². The highest BCUT2D eigenvalue weighted by Crippen LogP contribution is 2.29. The van der Waals surface area contributed by atoms with Crippen LogP contribution in [-0.2, 0) is 14.6 Å². The molecule has 22 heavy (non-hydrogen) atoms. The van der Waals surface area contributed by atoms with Gasteiger partial charge in [-0.05, 0) is 37.1 Å². The predicted molar refractivity (Wildman–Crippen MR) is 82.6 cm³/mol. The minimum atomic E-state index is -3.23. The molecule has 1 aliphatic heterocycles. The summed E-state index contributed by atoms with van der Waals surface area (Å²) in [5.41, 5.74) is 0.540. The summed E-state index contributed by atoms with van der Waals surface area (Å²) >= 11 is 0. The SMILES string of the molecule is CS(=O)(=O)c1ccc(C(=O)N2CCO[C@@H]3CCCC[C@H]32)cc1. The number of nitrogens with zero attached hydrogens (tertiary/aromatic N) is 1. The van der Waals surface area contributed by atoms with Gasteiger partial charge in [-0.3, -0.25) is 4.79 Å². The summed E-state index contributed by atoms with van der Waals surface area (Å²) in [5.74, 6) is -0.0275. The Morgan fingerprint density at radius 1 is 1.18 bits per heavy atom. The summed E-state index contributed by atoms with van der Waals surface area (Å²) in [6, 6.07) is 6.37. The molecule has 1 amide bonds. The fraction of sp³-hybridized carbons (Fsp3) is 0.562. The lowest BCUT2D eigenvalue weighted by Crippen LogP contribution is -2.54. The smallest absolute Gasteiger partial charge is 0.254 e. The van der Waals surface area contributed by atoms with Crippen LogP contribution in [0.25, 0.3) is 0 Å². The molecule has 0 radical (unpaired) electrons. The van der Waals surface area contributed by atoms with E-state index in [0.29, 0.717) is 18.7 Å². The molecule has 0 unspecified atom stereocenters. The number of hydrogen-bond acceptors (Lipinski definition) is 4. The molecule has 2 aliphatic rings. The van der Waals surface area contributed by atoms with Gasteiger partial charge in [0.2, 0.25) is 0 Å². The maximum Gasteiger partial charge on any atom is 0.254 e. The van der Waals surface area contributed by atoms with E-state index in [1.54, 1.807) is 12.1 Å². The number of carbonyl (C=O) groups excluding carboxylic acids is 1. The lowest BCUT2D eigenvalue weighted by molar-refractivity contribution is -0.0752. The zero-order valence-electron chi connectivity index (χ0n) is 12.7. The van der Waals surface area contributed by atoms with E-state index in [0.717, 1.165) is 25.7 Å². The third kappa shape index (κ3) is 3.03. The third-order valence-corrected chi connectivity index (χ3v) is 5.65. The number of amides is 1. The zero-order valence-corrected chi connectivity index (χ0v) is 13.5. The lowest BCUT2D eigenvalue weighted by Gasteiger charge is -2.43. The Labute approximate surface area is 131 Å². The van der Waals surface area contributed by atoms with Gasteiger partial charge in [-0.25, -0.2) is 8.42 Å². The molecule has 6 heteroatoms. The first-order chi connectivity index (χ1) is 10.5. The van der Waals surface area contributed by atoms with Gasteiger partial charge in [0, 0.05) is 18.4 Å². The number of sulfone groups is 1. The van der Waals surface area contributed by atoms with E-state index < -0.39 is 9.84 Å². The van der Waals surface area contributed by atoms with Crippen LogP contribution in [0.4, 0.5) is 0 Å². The van der Waals surface area contributed by atoms with E-state index in [9.17, 15) is 13.2 Å². The van der Waals surface area contributed by atoms with Crippen molar-refractivity contribution in [2.75, 3.05) is 19.4 Å². The largest absolute Gasteiger partial charge is 0.374 e. The molecule has 1 aromatic carbocycles. The van der Waals surface area contributed by atoms with Crippen molar-refractivity contribution in [1.29, 1.82) is 0 Å². The van der Waals surface area contributed by atoms with Gasteiger partial charge in [0.05, 0.1) is 23.6 Å². The van der Waals surface area contributed by atoms with Gasteiger partial charge in [0.15, 0.2) is 9.84 Å². The monoisotopic (exact) mass is 323 g/mol. The molecular formula is C16H21NO4S. The number of hydrogen-bond donors (Lipinski definition) is 0. The van der Waals surface area contributed by atoms with Gasteiger partial charge in [0.25, 0.3) is 5.91 Å². The second-order valence-corrected chi connectivity index (χ2v) is 8.07. The molecule has 0 bridgehead atoms. The summed E-state index contributed by atoms with van der Waals surface area (Å²) in [6.45, 7) is 1.18. The number of benzene rings is 1. The Morgan fingerprint density at radius 2 is 1.86 bits per heavy atom. The van der Waals surface area contributed by atoms with Crippen molar-refractivity contribution >= 4 is 15.7 Å². The van der Waals surface area contributed by atoms with Crippen LogP contribution in [0.2, 0.25) is 0 Å². The van der Waals surface area contributed by atoms with Crippen LogP contribution in [0.1, 0.15) is 36.0 Å². The molecule has 1 aromatic rings. The molecule has 2 fully saturated rings. The van der Waals surface area contributed by atoms with Crippen LogP contribution < -0.4 is 0 Å². The number of fused-ring (bicyclic) bond motifs is 1. The van der Waals surface area contributed by atoms with Crippen LogP contribution in [-0.4, -0.2) is 50.8 Å². The molecule has 3 rings (SSSR count). The van der Waals surface area contributed by atoms with E-state index in [1.807, 2.05) is 4.90 Å². The first kappa shape index (κ1) is 15.5. The van der Waals surface area contributed by atoms with Crippen molar-refractivity contribution in [3.05, 3.63) is 29.8 Å². The van der Waals surface area contributed by atoms with Gasteiger partial charge in [-0.15, -0.1) is 0 Å². The Kier molecular flexibility index (Phi) is 4.23. The van der Waals surface area contributed by atoms with E-state index in [2.05, 4.69) is 0 Å². The molecule has 0 aromatic heterocycles. The van der Waals surface area contributed by atoms with E-state index in [4.69, 9.17) is 4.74 Å². The molecule has 120 valence electrons. The highest BCUT2D eigenvalue weighted by Gasteiger charge is 2.36. The van der Waals surface area contributed by atoms with Gasteiger partial charge in [-0.2, -0.15) is 0 Å². The molecule has 1 heterocycles. The maximum absolute atomic E-state index is 12.7. The van der Waals surface area contributed by atoms with E-state index in [-0.39, 0.29) is 22.9 Å². The van der Waals surface area contributed by atoms with Gasteiger partial charge in [0.1, 0.15) is 0 Å². The summed E-state index contributed by atoms with van der Waals surface area (Å²) in [7, 11) is -3.23. The molecule has 0 N–H and O–H groups in total. The molecule has 1 aliphatic carbocycles. The summed E-state index contributed by atoms with van der Waals surface area (Å²) in [5, 5.41) is 0. The topological polar surface area (TPSA) is 63.7 Å². The summed E-state index contributed by atoms with van der Waals surface area (Å²) in [6.07, 6.45) is 5.60. The Hall–Kier alpha value is -1.40. The number of morpholine rings is 1. The van der Waals surface area contributed by atoms with Crippen LogP contribution in [0.15, 0.2) is 29.2 Å². The highest BCUT2D eigenvalue weighted by atomic mass is 32.2.